The number of aromatic hydroxyl groups is 1. The minimum atomic E-state index is -3.00. The second kappa shape index (κ2) is 17.1. The molecule has 7 aromatic carbocycles. The molecule has 0 saturated carbocycles. The molecule has 0 amide bonds. The molecular formula is C58H52N3OPt-. The zero-order valence-corrected chi connectivity index (χ0v) is 37.9. The van der Waals surface area contributed by atoms with Crippen molar-refractivity contribution < 1.29 is 44.0 Å². The summed E-state index contributed by atoms with van der Waals surface area (Å²) in [6.07, 6.45) is -0.633. The maximum atomic E-state index is 11.5. The molecule has 9 rings (SSSR count). The molecule has 0 radical (unpaired) electrons. The van der Waals surface area contributed by atoms with Crippen molar-refractivity contribution in [1.82, 2.24) is 14.5 Å². The number of imidazole rings is 1. The van der Waals surface area contributed by atoms with Gasteiger partial charge in [0.25, 0.3) is 0 Å². The summed E-state index contributed by atoms with van der Waals surface area (Å²) in [7, 11) is 0. The van der Waals surface area contributed by atoms with Gasteiger partial charge >= 0.3 is 0 Å². The summed E-state index contributed by atoms with van der Waals surface area (Å²) in [4.78, 5) is 9.60. The smallest absolute Gasteiger partial charge is 0.148 e. The summed E-state index contributed by atoms with van der Waals surface area (Å²) in [6, 6.07) is 36.3. The molecule has 0 atom stereocenters. The number of para-hydroxylation sites is 2. The van der Waals surface area contributed by atoms with E-state index in [9.17, 15) is 6.48 Å². The summed E-state index contributed by atoms with van der Waals surface area (Å²) in [5.74, 6) is 0.150. The van der Waals surface area contributed by atoms with Crippen molar-refractivity contribution in [1.29, 1.82) is 0 Å². The van der Waals surface area contributed by atoms with Gasteiger partial charge in [-0.25, -0.2) is 4.98 Å². The van der Waals surface area contributed by atoms with Crippen LogP contribution in [0, 0.1) is 19.8 Å². The van der Waals surface area contributed by atoms with Crippen LogP contribution in [0.15, 0.2) is 164 Å². The number of fused-ring (bicyclic) bond motifs is 1. The number of aryl methyl sites for hydroxylation is 1. The van der Waals surface area contributed by atoms with Gasteiger partial charge in [-0.1, -0.05) is 167 Å². The van der Waals surface area contributed by atoms with Crippen LogP contribution >= 0.6 is 0 Å². The van der Waals surface area contributed by atoms with Crippen LogP contribution in [0.3, 0.4) is 0 Å². The van der Waals surface area contributed by atoms with Gasteiger partial charge in [-0.15, -0.1) is 29.3 Å². The van der Waals surface area contributed by atoms with Crippen LogP contribution in [0.2, 0.25) is 0 Å². The van der Waals surface area contributed by atoms with Gasteiger partial charge in [-0.3, -0.25) is 9.55 Å². The molecule has 0 aliphatic heterocycles. The molecule has 63 heavy (non-hydrogen) atoms. The van der Waals surface area contributed by atoms with Crippen LogP contribution in [-0.2, 0) is 31.9 Å². The third-order valence-corrected chi connectivity index (χ3v) is 11.1. The Labute approximate surface area is 404 Å². The summed E-state index contributed by atoms with van der Waals surface area (Å²) >= 11 is 0. The number of hydrogen-bond acceptors (Lipinski definition) is 3. The van der Waals surface area contributed by atoms with Crippen LogP contribution in [0.4, 0.5) is 0 Å². The number of hydrogen-bond donors (Lipinski definition) is 1. The monoisotopic (exact) mass is 1010 g/mol. The molecule has 5 heteroatoms. The number of aromatic nitrogens is 3. The third-order valence-electron chi connectivity index (χ3n) is 11.1. The van der Waals surface area contributed by atoms with E-state index < -0.39 is 78.2 Å². The molecule has 0 unspecified atom stereocenters. The Kier molecular flexibility index (Phi) is 8.09. The molecule has 2 aromatic heterocycles. The van der Waals surface area contributed by atoms with Crippen molar-refractivity contribution in [3.8, 4) is 78.6 Å². The van der Waals surface area contributed by atoms with Crippen LogP contribution in [0.5, 0.6) is 5.75 Å². The van der Waals surface area contributed by atoms with Gasteiger partial charge in [0.1, 0.15) is 11.6 Å². The van der Waals surface area contributed by atoms with Gasteiger partial charge in [-0.2, -0.15) is 0 Å². The molecule has 2 heterocycles. The number of phenols is 1. The summed E-state index contributed by atoms with van der Waals surface area (Å²) < 4.78 is 115. The van der Waals surface area contributed by atoms with E-state index in [2.05, 4.69) is 37.9 Å². The Morgan fingerprint density at radius 3 is 2.08 bits per heavy atom. The number of phenolic OH excluding ortho intramolecular Hbond substituents is 1. The first-order chi connectivity index (χ1) is 35.1. The van der Waals surface area contributed by atoms with E-state index in [0.29, 0.717) is 39.0 Å². The number of benzene rings is 7. The van der Waals surface area contributed by atoms with Gasteiger partial charge in [0.05, 0.1) is 31.9 Å². The molecule has 0 aliphatic carbocycles. The molecule has 0 spiro atoms. The maximum Gasteiger partial charge on any atom is 0.148 e. The first-order valence-electron chi connectivity index (χ1n) is 26.9. The fourth-order valence-electron chi connectivity index (χ4n) is 7.92. The van der Waals surface area contributed by atoms with Crippen molar-refractivity contribution >= 4 is 11.0 Å². The van der Waals surface area contributed by atoms with Crippen LogP contribution in [0.1, 0.15) is 81.6 Å². The quantitative estimate of drug-likeness (QED) is 0.162. The second-order valence-corrected chi connectivity index (χ2v) is 17.4. The van der Waals surface area contributed by atoms with Gasteiger partial charge < -0.3 is 5.11 Å². The largest absolute Gasteiger partial charge is 0.507 e. The van der Waals surface area contributed by atoms with Gasteiger partial charge in [0.2, 0.25) is 0 Å². The van der Waals surface area contributed by atoms with E-state index in [1.54, 1.807) is 47.0 Å². The zero-order valence-electron chi connectivity index (χ0n) is 48.7. The van der Waals surface area contributed by atoms with E-state index in [0.717, 1.165) is 27.8 Å². The molecule has 0 bridgehead atoms. The fraction of sp³-hybridized carbons (Fsp3) is 0.172. The molecule has 0 aliphatic rings. The van der Waals surface area contributed by atoms with Crippen molar-refractivity contribution in [2.75, 3.05) is 0 Å². The van der Waals surface area contributed by atoms with Crippen molar-refractivity contribution in [3.05, 3.63) is 192 Å². The molecule has 316 valence electrons. The van der Waals surface area contributed by atoms with Crippen molar-refractivity contribution in [3.63, 3.8) is 0 Å². The molecule has 0 saturated heterocycles. The van der Waals surface area contributed by atoms with E-state index in [-0.39, 0.29) is 54.9 Å². The molecule has 4 nitrogen and oxygen atoms in total. The topological polar surface area (TPSA) is 50.9 Å². The maximum absolute atomic E-state index is 11.5. The van der Waals surface area contributed by atoms with Crippen molar-refractivity contribution in [2.45, 2.75) is 66.1 Å². The summed E-state index contributed by atoms with van der Waals surface area (Å²) in [5, 5.41) is 11.5. The Morgan fingerprint density at radius 1 is 0.635 bits per heavy atom. The number of nitrogens with zero attached hydrogens (tertiary/aromatic N) is 3. The molecule has 1 N–H and O–H groups in total. The summed E-state index contributed by atoms with van der Waals surface area (Å²) in [6.45, 7) is 6.65. The second-order valence-electron chi connectivity index (χ2n) is 17.4. The van der Waals surface area contributed by atoms with E-state index >= 15 is 0 Å². The van der Waals surface area contributed by atoms with Gasteiger partial charge in [0, 0.05) is 41.2 Å². The Balaban J connectivity index is 0.00000765. The Morgan fingerprint density at radius 2 is 1.35 bits per heavy atom. The predicted molar refractivity (Wildman–Crippen MR) is 259 cm³/mol. The number of rotatable bonds is 7. The molecule has 9 aromatic rings. The van der Waals surface area contributed by atoms with Gasteiger partial charge in [0.15, 0.2) is 0 Å². The summed E-state index contributed by atoms with van der Waals surface area (Å²) in [5.41, 5.74) is 5.20. The SMILES string of the molecule is [2H]c1nc(-c2[c-]c(-c3cccc4c3nc(-c3ccccc3O)n4-c3ccc(-c4c(-c5ccccc5)cccc4C(C)(C)C)cc3C([2H])([2H])[2H])cc(C(C)(C)C)c2)c([2H])c(-c2c([2H])c([2H])c(C([2H])([2H])[2H])c([2H])c2[2H])c1[2H].[Pt]. The van der Waals surface area contributed by atoms with Crippen LogP contribution < -0.4 is 0 Å². The van der Waals surface area contributed by atoms with Crippen LogP contribution in [-0.4, -0.2) is 19.6 Å². The average Bonchev–Trinajstić information content (AvgIpc) is 3.75. The van der Waals surface area contributed by atoms with Gasteiger partial charge in [-0.05, 0) is 105 Å². The minimum Gasteiger partial charge on any atom is -0.507 e. The Bertz CT molecular complexity index is 3730. The number of pyridine rings is 1. The normalized spacial score (nSPS) is 15.1. The average molecular weight is 1020 g/mol. The molecule has 0 fully saturated rings. The van der Waals surface area contributed by atoms with Crippen molar-refractivity contribution in [2.24, 2.45) is 0 Å². The predicted octanol–water partition coefficient (Wildman–Crippen LogP) is 15.1. The van der Waals surface area contributed by atoms with E-state index in [4.69, 9.17) is 21.4 Å². The third kappa shape index (κ3) is 8.45. The van der Waals surface area contributed by atoms with E-state index in [1.807, 2.05) is 87.5 Å². The standard InChI is InChI=1S/C58H52N3O.Pt/c1-37-24-26-39(27-25-37)41-30-31-59-50(36-41)44-33-43(34-45(35-44)57(3,4)5)47-20-15-22-52-55(47)60-56(48-18-12-13-23-53(48)62)61(52)51-29-28-42(32-38(51)2)54-46(40-16-10-9-11-17-40)19-14-21-49(54)58(6,7)8;/h9-32,34-36,62H,1-8H3;/q-1;/i1D3,2D3,24D,25D,26D,27D,30D,31D,36D;. The van der Waals surface area contributed by atoms with Crippen LogP contribution in [0.25, 0.3) is 83.9 Å². The first kappa shape index (κ1) is 29.9. The first-order valence-corrected chi connectivity index (χ1v) is 20.4. The fourth-order valence-corrected chi connectivity index (χ4v) is 7.92. The van der Waals surface area contributed by atoms with E-state index in [1.165, 1.54) is 6.07 Å². The zero-order chi connectivity index (χ0) is 54.4. The minimum absolute atomic E-state index is 0. The molecular weight excluding hydrogens is 950 g/mol. The Hall–Kier alpha value is -6.35.